The lowest BCUT2D eigenvalue weighted by atomic mass is 9.76. The predicted molar refractivity (Wildman–Crippen MR) is 135 cm³/mol. The Kier molecular flexibility index (Phi) is 6.13. The number of amides is 1. The number of fused-ring (bicyclic) bond motifs is 2. The summed E-state index contributed by atoms with van der Waals surface area (Å²) in [5.74, 6) is 1.62. The number of rotatable bonds is 5. The molecule has 3 aliphatic rings. The van der Waals surface area contributed by atoms with Gasteiger partial charge in [-0.2, -0.15) is 18.2 Å². The molecule has 1 amide bonds. The summed E-state index contributed by atoms with van der Waals surface area (Å²) in [4.78, 5) is 22.0. The molecule has 2 fully saturated rings. The van der Waals surface area contributed by atoms with Crippen LogP contribution in [-0.4, -0.2) is 52.0 Å². The molecule has 1 aliphatic heterocycles. The summed E-state index contributed by atoms with van der Waals surface area (Å²) in [6.45, 7) is 6.07. The van der Waals surface area contributed by atoms with Crippen LogP contribution in [0.2, 0.25) is 0 Å². The van der Waals surface area contributed by atoms with Gasteiger partial charge >= 0.3 is 6.18 Å². The zero-order valence-corrected chi connectivity index (χ0v) is 21.1. The summed E-state index contributed by atoms with van der Waals surface area (Å²) in [6.07, 6.45) is 2.17. The summed E-state index contributed by atoms with van der Waals surface area (Å²) < 4.78 is 44.3. The quantitative estimate of drug-likeness (QED) is 0.404. The van der Waals surface area contributed by atoms with Crippen molar-refractivity contribution in [3.05, 3.63) is 71.8 Å². The van der Waals surface area contributed by atoms with Crippen LogP contribution in [0, 0.1) is 17.3 Å². The van der Waals surface area contributed by atoms with E-state index in [0.717, 1.165) is 68.8 Å². The van der Waals surface area contributed by atoms with E-state index in [2.05, 4.69) is 34.1 Å². The summed E-state index contributed by atoms with van der Waals surface area (Å²) in [6, 6.07) is 12.6. The van der Waals surface area contributed by atoms with E-state index in [-0.39, 0.29) is 16.9 Å². The molecule has 0 N–H and O–H groups in total. The lowest BCUT2D eigenvalue weighted by Gasteiger charge is -2.40. The van der Waals surface area contributed by atoms with Gasteiger partial charge in [-0.15, -0.1) is 0 Å². The van der Waals surface area contributed by atoms with Gasteiger partial charge in [0.15, 0.2) is 0 Å². The SMILES string of the molecule is C[C@]1(C(=O)N2CCN(Cc3ccc(-c4noc(-c5cccc(C(F)(F)F)c5)n4)cc3)CC2)C[C@H]2C=C[C@@H]1C2. The summed E-state index contributed by atoms with van der Waals surface area (Å²) in [7, 11) is 0. The van der Waals surface area contributed by atoms with Crippen LogP contribution in [0.25, 0.3) is 22.8 Å². The molecule has 0 spiro atoms. The molecule has 0 unspecified atom stereocenters. The van der Waals surface area contributed by atoms with Crippen molar-refractivity contribution in [2.75, 3.05) is 26.2 Å². The van der Waals surface area contributed by atoms with Gasteiger partial charge in [-0.3, -0.25) is 9.69 Å². The Bertz CT molecular complexity index is 1360. The Labute approximate surface area is 219 Å². The number of hydrogen-bond acceptors (Lipinski definition) is 5. The van der Waals surface area contributed by atoms with E-state index in [4.69, 9.17) is 4.52 Å². The molecule has 2 aliphatic carbocycles. The second-order valence-corrected chi connectivity index (χ2v) is 10.9. The minimum absolute atomic E-state index is 0.0397. The number of nitrogens with zero attached hydrogens (tertiary/aromatic N) is 4. The lowest BCUT2D eigenvalue weighted by molar-refractivity contribution is -0.144. The number of piperazine rings is 1. The fourth-order valence-electron chi connectivity index (χ4n) is 6.11. The van der Waals surface area contributed by atoms with E-state index in [0.29, 0.717) is 23.6 Å². The van der Waals surface area contributed by atoms with Crippen LogP contribution >= 0.6 is 0 Å². The van der Waals surface area contributed by atoms with Gasteiger partial charge in [0.05, 0.1) is 11.0 Å². The molecule has 1 aromatic heterocycles. The summed E-state index contributed by atoms with van der Waals surface area (Å²) in [5, 5.41) is 3.96. The summed E-state index contributed by atoms with van der Waals surface area (Å²) >= 11 is 0. The van der Waals surface area contributed by atoms with Crippen molar-refractivity contribution in [1.29, 1.82) is 0 Å². The van der Waals surface area contributed by atoms with Crippen molar-refractivity contribution in [2.24, 2.45) is 17.3 Å². The van der Waals surface area contributed by atoms with Gasteiger partial charge in [0.2, 0.25) is 11.7 Å². The molecule has 1 saturated heterocycles. The van der Waals surface area contributed by atoms with Crippen molar-refractivity contribution in [3.8, 4) is 22.8 Å². The third-order valence-electron chi connectivity index (χ3n) is 8.31. The number of alkyl halides is 3. The molecule has 6 rings (SSSR count). The number of aromatic nitrogens is 2. The van der Waals surface area contributed by atoms with Crippen LogP contribution in [0.1, 0.15) is 30.9 Å². The van der Waals surface area contributed by atoms with Crippen molar-refractivity contribution in [1.82, 2.24) is 19.9 Å². The minimum atomic E-state index is -4.44. The number of benzene rings is 2. The number of carbonyl (C=O) groups is 1. The topological polar surface area (TPSA) is 62.5 Å². The van der Waals surface area contributed by atoms with Crippen molar-refractivity contribution >= 4 is 5.91 Å². The number of hydrogen-bond donors (Lipinski definition) is 0. The Hall–Kier alpha value is -3.46. The van der Waals surface area contributed by atoms with Crippen LogP contribution in [0.4, 0.5) is 13.2 Å². The van der Waals surface area contributed by atoms with Gasteiger partial charge in [-0.1, -0.05) is 54.6 Å². The van der Waals surface area contributed by atoms with Gasteiger partial charge < -0.3 is 9.42 Å². The van der Waals surface area contributed by atoms with E-state index in [9.17, 15) is 18.0 Å². The average molecular weight is 523 g/mol. The van der Waals surface area contributed by atoms with Gasteiger partial charge in [-0.25, -0.2) is 0 Å². The molecule has 2 heterocycles. The number of carbonyl (C=O) groups excluding carboxylic acids is 1. The highest BCUT2D eigenvalue weighted by atomic mass is 19.4. The molecule has 6 nitrogen and oxygen atoms in total. The van der Waals surface area contributed by atoms with Crippen molar-refractivity contribution in [3.63, 3.8) is 0 Å². The Balaban J connectivity index is 1.05. The van der Waals surface area contributed by atoms with E-state index in [1.54, 1.807) is 0 Å². The maximum Gasteiger partial charge on any atom is 0.416 e. The second-order valence-electron chi connectivity index (χ2n) is 10.9. The Morgan fingerprint density at radius 1 is 1.05 bits per heavy atom. The molecule has 0 radical (unpaired) electrons. The van der Waals surface area contributed by atoms with E-state index >= 15 is 0 Å². The number of halogens is 3. The van der Waals surface area contributed by atoms with E-state index in [1.807, 2.05) is 29.2 Å². The minimum Gasteiger partial charge on any atom is -0.340 e. The highest BCUT2D eigenvalue weighted by molar-refractivity contribution is 5.84. The Morgan fingerprint density at radius 2 is 1.82 bits per heavy atom. The number of allylic oxidation sites excluding steroid dienone is 2. The highest BCUT2D eigenvalue weighted by Gasteiger charge is 2.51. The molecular weight excluding hydrogens is 493 g/mol. The van der Waals surface area contributed by atoms with E-state index in [1.165, 1.54) is 12.1 Å². The average Bonchev–Trinajstić information content (AvgIpc) is 3.66. The first-order valence-corrected chi connectivity index (χ1v) is 13.0. The molecular formula is C29H29F3N4O2. The van der Waals surface area contributed by atoms with Crippen molar-refractivity contribution in [2.45, 2.75) is 32.5 Å². The van der Waals surface area contributed by atoms with Crippen LogP contribution < -0.4 is 0 Å². The van der Waals surface area contributed by atoms with Gasteiger partial charge in [0.25, 0.3) is 5.89 Å². The molecule has 3 aromatic rings. The molecule has 38 heavy (non-hydrogen) atoms. The molecule has 198 valence electrons. The third-order valence-corrected chi connectivity index (χ3v) is 8.31. The normalized spacial score (nSPS) is 25.3. The fraction of sp³-hybridized carbons (Fsp3) is 0.414. The van der Waals surface area contributed by atoms with Gasteiger partial charge in [0, 0.05) is 43.9 Å². The zero-order valence-electron chi connectivity index (χ0n) is 21.1. The van der Waals surface area contributed by atoms with Crippen LogP contribution in [0.3, 0.4) is 0 Å². The molecule has 3 atom stereocenters. The first-order chi connectivity index (χ1) is 18.2. The second kappa shape index (κ2) is 9.38. The predicted octanol–water partition coefficient (Wildman–Crippen LogP) is 5.67. The van der Waals surface area contributed by atoms with Gasteiger partial charge in [0.1, 0.15) is 0 Å². The molecule has 2 aromatic carbocycles. The van der Waals surface area contributed by atoms with Crippen LogP contribution in [-0.2, 0) is 17.5 Å². The van der Waals surface area contributed by atoms with Crippen LogP contribution in [0.15, 0.2) is 65.2 Å². The smallest absolute Gasteiger partial charge is 0.340 e. The largest absolute Gasteiger partial charge is 0.416 e. The molecule has 1 saturated carbocycles. The van der Waals surface area contributed by atoms with E-state index < -0.39 is 11.7 Å². The molecule has 2 bridgehead atoms. The monoisotopic (exact) mass is 522 g/mol. The first kappa shape index (κ1) is 24.9. The fourth-order valence-corrected chi connectivity index (χ4v) is 6.11. The third kappa shape index (κ3) is 4.64. The lowest BCUT2D eigenvalue weighted by Crippen LogP contribution is -2.53. The maximum absolute atomic E-state index is 13.3. The van der Waals surface area contributed by atoms with Crippen LogP contribution in [0.5, 0.6) is 0 Å². The summed E-state index contributed by atoms with van der Waals surface area (Å²) in [5.41, 5.74) is 1.06. The molecule has 9 heteroatoms. The maximum atomic E-state index is 13.3. The van der Waals surface area contributed by atoms with Crippen molar-refractivity contribution < 1.29 is 22.5 Å². The first-order valence-electron chi connectivity index (χ1n) is 13.0. The highest BCUT2D eigenvalue weighted by Crippen LogP contribution is 2.52. The van der Waals surface area contributed by atoms with Gasteiger partial charge in [-0.05, 0) is 48.4 Å². The standard InChI is InChI=1S/C29H29F3N4O2/c1-28(17-20-7-10-23(28)15-20)27(37)36-13-11-35(12-14-36)18-19-5-8-21(9-6-19)25-33-26(38-34-25)22-3-2-4-24(16-22)29(30,31)32/h2-10,16,20,23H,11-15,17-18H2,1H3/t20-,23+,28-/m0/s1. The Morgan fingerprint density at radius 3 is 2.47 bits per heavy atom. The zero-order chi connectivity index (χ0) is 26.5.